The lowest BCUT2D eigenvalue weighted by molar-refractivity contribution is -0.144. The highest BCUT2D eigenvalue weighted by Gasteiger charge is 2.39. The van der Waals surface area contributed by atoms with Crippen LogP contribution in [0.1, 0.15) is 18.9 Å². The van der Waals surface area contributed by atoms with Gasteiger partial charge in [0.15, 0.2) is 5.52 Å². The van der Waals surface area contributed by atoms with Crippen LogP contribution in [0, 0.1) is 0 Å². The number of benzene rings is 1. The number of rotatable bonds is 11. The van der Waals surface area contributed by atoms with E-state index in [1.165, 1.54) is 23.2 Å². The van der Waals surface area contributed by atoms with E-state index in [2.05, 4.69) is 14.7 Å². The average Bonchev–Trinajstić information content (AvgIpc) is 3.38. The first kappa shape index (κ1) is 25.4. The van der Waals surface area contributed by atoms with Crippen LogP contribution in [0.4, 0.5) is 11.5 Å². The minimum Gasteiger partial charge on any atom is -0.463 e. The molecule has 1 atom stereocenters. The van der Waals surface area contributed by atoms with Gasteiger partial charge in [0.1, 0.15) is 24.4 Å². The van der Waals surface area contributed by atoms with Crippen molar-refractivity contribution in [2.24, 2.45) is 0 Å². The summed E-state index contributed by atoms with van der Waals surface area (Å²) in [5.74, 6) is -0.713. The number of aromatic nitrogens is 3. The average molecular weight is 515 g/mol. The van der Waals surface area contributed by atoms with Crippen LogP contribution in [0.3, 0.4) is 0 Å². The van der Waals surface area contributed by atoms with Crippen LogP contribution in [-0.2, 0) is 37.0 Å². The Balaban J connectivity index is 1.21. The zero-order valence-corrected chi connectivity index (χ0v) is 20.4. The fourth-order valence-corrected chi connectivity index (χ4v) is 4.50. The molecule has 12 nitrogen and oxygen atoms in total. The number of nitrogens with zero attached hydrogens (tertiary/aromatic N) is 3. The number of pyridine rings is 1. The third-order valence-corrected chi connectivity index (χ3v) is 6.49. The van der Waals surface area contributed by atoms with Gasteiger partial charge in [0.25, 0.3) is 5.56 Å². The predicted octanol–water partition coefficient (Wildman–Crippen LogP) is 0.956. The van der Waals surface area contributed by atoms with Gasteiger partial charge >= 0.3 is 5.97 Å². The first-order chi connectivity index (χ1) is 17.4. The van der Waals surface area contributed by atoms with Crippen LogP contribution >= 0.6 is 11.9 Å². The Labute approximate surface area is 210 Å². The number of carbonyl (C=O) groups is 3. The summed E-state index contributed by atoms with van der Waals surface area (Å²) >= 11 is 1.26. The molecule has 1 aliphatic heterocycles. The number of esters is 1. The highest BCUT2D eigenvalue weighted by atomic mass is 32.2. The summed E-state index contributed by atoms with van der Waals surface area (Å²) in [6.45, 7) is 2.93. The van der Waals surface area contributed by atoms with E-state index in [1.807, 2.05) is 6.92 Å². The van der Waals surface area contributed by atoms with Crippen LogP contribution in [0.15, 0.2) is 41.5 Å². The number of nitrogens with two attached hydrogens (primary N) is 1. The van der Waals surface area contributed by atoms with E-state index < -0.39 is 11.2 Å². The van der Waals surface area contributed by atoms with Gasteiger partial charge in [-0.15, -0.1) is 0 Å². The number of nitrogens with one attached hydrogen (secondary N) is 2. The van der Waals surface area contributed by atoms with Gasteiger partial charge in [-0.05, 0) is 17.7 Å². The molecule has 3 heterocycles. The van der Waals surface area contributed by atoms with Crippen LogP contribution in [0.5, 0.6) is 0 Å². The van der Waals surface area contributed by atoms with Crippen molar-refractivity contribution in [3.05, 3.63) is 52.6 Å². The number of carbonyl (C=O) groups excluding carboxylic acids is 3. The summed E-state index contributed by atoms with van der Waals surface area (Å²) in [7, 11) is 0. The number of amides is 2. The molecule has 13 heteroatoms. The van der Waals surface area contributed by atoms with Gasteiger partial charge in [-0.25, -0.2) is 9.88 Å². The Hall–Kier alpha value is -3.68. The highest BCUT2D eigenvalue weighted by molar-refractivity contribution is 7.98. The minimum atomic E-state index is -0.442. The monoisotopic (exact) mass is 514 g/mol. The molecule has 1 unspecified atom stereocenters. The van der Waals surface area contributed by atoms with Gasteiger partial charge < -0.3 is 24.8 Å². The van der Waals surface area contributed by atoms with Crippen molar-refractivity contribution >= 4 is 52.3 Å². The van der Waals surface area contributed by atoms with Crippen molar-refractivity contribution in [2.45, 2.75) is 31.7 Å². The number of fused-ring (bicyclic) bond motifs is 1. The van der Waals surface area contributed by atoms with Gasteiger partial charge in [0.2, 0.25) is 11.8 Å². The molecule has 0 bridgehead atoms. The molecule has 4 rings (SSSR count). The molecule has 0 saturated carbocycles. The third-order valence-electron chi connectivity index (χ3n) is 5.38. The largest absolute Gasteiger partial charge is 0.463 e. The van der Waals surface area contributed by atoms with E-state index in [0.717, 1.165) is 0 Å². The fourth-order valence-electron chi connectivity index (χ4n) is 3.70. The molecule has 1 saturated heterocycles. The number of imidazole rings is 1. The molecule has 0 spiro atoms. The minimum absolute atomic E-state index is 0.0370. The molecule has 0 aliphatic carbocycles. The number of H-pyrrole nitrogens is 1. The van der Waals surface area contributed by atoms with Crippen molar-refractivity contribution in [1.82, 2.24) is 19.3 Å². The number of aromatic amines is 1. The molecular weight excluding hydrogens is 488 g/mol. The Morgan fingerprint density at radius 3 is 2.78 bits per heavy atom. The second kappa shape index (κ2) is 11.4. The van der Waals surface area contributed by atoms with Crippen molar-refractivity contribution in [3.63, 3.8) is 0 Å². The predicted molar refractivity (Wildman–Crippen MR) is 134 cm³/mol. The number of nitrogen functional groups attached to an aromatic ring is 1. The SMILES string of the molecule is CCNSC1CC(=O)N(c2ccc(CC(=O)OCCOCn3cnc4c(=O)[nH]c(N)cc43)cc2)C1=O. The maximum atomic E-state index is 12.6. The zero-order chi connectivity index (χ0) is 25.7. The van der Waals surface area contributed by atoms with E-state index in [-0.39, 0.29) is 61.5 Å². The van der Waals surface area contributed by atoms with E-state index in [9.17, 15) is 19.2 Å². The van der Waals surface area contributed by atoms with Crippen LogP contribution < -0.4 is 20.9 Å². The summed E-state index contributed by atoms with van der Waals surface area (Å²) in [6, 6.07) is 8.27. The van der Waals surface area contributed by atoms with E-state index >= 15 is 0 Å². The Morgan fingerprint density at radius 1 is 1.25 bits per heavy atom. The Kier molecular flexibility index (Phi) is 8.03. The zero-order valence-electron chi connectivity index (χ0n) is 19.6. The third kappa shape index (κ3) is 5.75. The molecule has 1 fully saturated rings. The summed E-state index contributed by atoms with van der Waals surface area (Å²) < 4.78 is 15.4. The maximum absolute atomic E-state index is 12.6. The molecule has 0 radical (unpaired) electrons. The smallest absolute Gasteiger partial charge is 0.310 e. The lowest BCUT2D eigenvalue weighted by atomic mass is 10.1. The normalized spacial score (nSPS) is 15.7. The maximum Gasteiger partial charge on any atom is 0.310 e. The summed E-state index contributed by atoms with van der Waals surface area (Å²) in [6.07, 6.45) is 1.66. The van der Waals surface area contributed by atoms with Gasteiger partial charge in [-0.2, -0.15) is 0 Å². The van der Waals surface area contributed by atoms with Gasteiger partial charge in [-0.1, -0.05) is 31.0 Å². The molecule has 2 aromatic heterocycles. The molecule has 1 aromatic carbocycles. The second-order valence-electron chi connectivity index (χ2n) is 7.98. The number of imide groups is 1. The molecule has 1 aliphatic rings. The summed E-state index contributed by atoms with van der Waals surface area (Å²) in [5, 5.41) is -0.442. The molecule has 2 amide bonds. The van der Waals surface area contributed by atoms with Gasteiger partial charge in [0, 0.05) is 19.0 Å². The second-order valence-corrected chi connectivity index (χ2v) is 9.07. The van der Waals surface area contributed by atoms with Crippen molar-refractivity contribution in [3.8, 4) is 0 Å². The topological polar surface area (TPSA) is 162 Å². The van der Waals surface area contributed by atoms with Gasteiger partial charge in [0.05, 0.1) is 30.6 Å². The Morgan fingerprint density at radius 2 is 2.03 bits per heavy atom. The van der Waals surface area contributed by atoms with E-state index in [4.69, 9.17) is 15.2 Å². The number of hydrogen-bond donors (Lipinski definition) is 3. The van der Waals surface area contributed by atoms with E-state index in [0.29, 0.717) is 23.3 Å². The number of ether oxygens (including phenoxy) is 2. The molecule has 190 valence electrons. The number of hydrogen-bond acceptors (Lipinski definition) is 10. The number of anilines is 2. The quantitative estimate of drug-likeness (QED) is 0.145. The van der Waals surface area contributed by atoms with E-state index in [1.54, 1.807) is 34.9 Å². The molecule has 4 N–H and O–H groups in total. The lowest BCUT2D eigenvalue weighted by Gasteiger charge is -2.15. The van der Waals surface area contributed by atoms with Crippen LogP contribution in [0.25, 0.3) is 11.0 Å². The lowest BCUT2D eigenvalue weighted by Crippen LogP contribution is -2.31. The first-order valence-corrected chi connectivity index (χ1v) is 12.2. The van der Waals surface area contributed by atoms with Gasteiger partial charge in [-0.3, -0.25) is 23.9 Å². The molecule has 36 heavy (non-hydrogen) atoms. The van der Waals surface area contributed by atoms with Crippen molar-refractivity contribution in [1.29, 1.82) is 0 Å². The first-order valence-electron chi connectivity index (χ1n) is 11.3. The Bertz CT molecular complexity index is 1320. The van der Waals surface area contributed by atoms with Crippen molar-refractivity contribution in [2.75, 3.05) is 30.4 Å². The summed E-state index contributed by atoms with van der Waals surface area (Å²) in [5.41, 5.74) is 7.26. The van der Waals surface area contributed by atoms with Crippen molar-refractivity contribution < 1.29 is 23.9 Å². The van der Waals surface area contributed by atoms with Crippen LogP contribution in [-0.4, -0.2) is 57.3 Å². The molecular formula is C23H26N6O6S. The highest BCUT2D eigenvalue weighted by Crippen LogP contribution is 2.28. The standard InChI is InChI=1S/C23H26N6O6S/c1-2-26-36-17-11-19(30)29(23(17)33)15-5-3-14(4-6-15)9-20(31)35-8-7-34-13-28-12-25-21-16(28)10-18(24)27-22(21)32/h3-6,10,12,17,26H,2,7-9,11,13H2,1H3,(H3,24,27,32). The fraction of sp³-hybridized carbons (Fsp3) is 0.348. The molecule has 3 aromatic rings. The summed E-state index contributed by atoms with van der Waals surface area (Å²) in [4.78, 5) is 56.6. The van der Waals surface area contributed by atoms with Crippen LogP contribution in [0.2, 0.25) is 0 Å².